The Labute approximate surface area is 123 Å². The van der Waals surface area contributed by atoms with Crippen LogP contribution in [0.3, 0.4) is 0 Å². The van der Waals surface area contributed by atoms with Crippen LogP contribution < -0.4 is 0 Å². The number of aromatic nitrogens is 2. The summed E-state index contributed by atoms with van der Waals surface area (Å²) >= 11 is 0. The van der Waals surface area contributed by atoms with E-state index in [9.17, 15) is 0 Å². The van der Waals surface area contributed by atoms with Gasteiger partial charge in [-0.15, -0.1) is 0 Å². The number of benzene rings is 2. The Morgan fingerprint density at radius 1 is 1.19 bits per heavy atom. The van der Waals surface area contributed by atoms with Crippen LogP contribution in [0.1, 0.15) is 12.5 Å². The second-order valence-corrected chi connectivity index (χ2v) is 4.75. The van der Waals surface area contributed by atoms with Crippen LogP contribution in [0.2, 0.25) is 0 Å². The molecule has 106 valence electrons. The molecule has 1 aromatic heterocycles. The quantitative estimate of drug-likeness (QED) is 0.530. The van der Waals surface area contributed by atoms with Gasteiger partial charge in [0, 0.05) is 18.0 Å². The van der Waals surface area contributed by atoms with Gasteiger partial charge in [0.1, 0.15) is 12.3 Å². The Hall–Kier alpha value is -2.62. The van der Waals surface area contributed by atoms with Gasteiger partial charge in [-0.3, -0.25) is 0 Å². The Balaban J connectivity index is 1.97. The van der Waals surface area contributed by atoms with Crippen LogP contribution in [0.4, 0.5) is 0 Å². The molecule has 0 fully saturated rings. The molecule has 4 nitrogen and oxygen atoms in total. The first kappa shape index (κ1) is 13.4. The Kier molecular flexibility index (Phi) is 3.96. The summed E-state index contributed by atoms with van der Waals surface area (Å²) in [7, 11) is 0. The molecule has 0 aliphatic rings. The molecule has 0 saturated carbocycles. The standard InChI is InChI=1S/C17H17N3O/c1-2-21-19-17(12-20-10-9-18-13-20)16-8-7-14-5-3-4-6-15(14)11-16/h3-11,13H,2,12H2,1H3/b19-17+. The molecule has 2 aromatic carbocycles. The van der Waals surface area contributed by atoms with E-state index in [2.05, 4.69) is 40.5 Å². The molecule has 21 heavy (non-hydrogen) atoms. The highest BCUT2D eigenvalue weighted by Gasteiger charge is 2.07. The molecular weight excluding hydrogens is 262 g/mol. The molecule has 3 aromatic rings. The number of oxime groups is 1. The van der Waals surface area contributed by atoms with Crippen molar-refractivity contribution in [2.24, 2.45) is 5.16 Å². The Morgan fingerprint density at radius 2 is 2.05 bits per heavy atom. The molecule has 0 amide bonds. The first-order chi connectivity index (χ1) is 10.4. The minimum Gasteiger partial charge on any atom is -0.396 e. The molecule has 0 N–H and O–H groups in total. The summed E-state index contributed by atoms with van der Waals surface area (Å²) in [5.74, 6) is 0. The number of rotatable bonds is 5. The Morgan fingerprint density at radius 3 is 2.81 bits per heavy atom. The topological polar surface area (TPSA) is 39.4 Å². The summed E-state index contributed by atoms with van der Waals surface area (Å²) in [4.78, 5) is 9.33. The zero-order valence-corrected chi connectivity index (χ0v) is 11.9. The molecule has 1 heterocycles. The van der Waals surface area contributed by atoms with Crippen LogP contribution in [0, 0.1) is 0 Å². The summed E-state index contributed by atoms with van der Waals surface area (Å²) in [6.07, 6.45) is 5.46. The Bertz CT molecular complexity index is 748. The van der Waals surface area contributed by atoms with Gasteiger partial charge in [0.25, 0.3) is 0 Å². The van der Waals surface area contributed by atoms with Gasteiger partial charge >= 0.3 is 0 Å². The van der Waals surface area contributed by atoms with Crippen molar-refractivity contribution in [2.45, 2.75) is 13.5 Å². The minimum atomic E-state index is 0.557. The maximum atomic E-state index is 5.27. The van der Waals surface area contributed by atoms with Gasteiger partial charge in [0.2, 0.25) is 0 Å². The minimum absolute atomic E-state index is 0.557. The van der Waals surface area contributed by atoms with Crippen molar-refractivity contribution in [2.75, 3.05) is 6.61 Å². The maximum Gasteiger partial charge on any atom is 0.114 e. The smallest absolute Gasteiger partial charge is 0.114 e. The SMILES string of the molecule is CCO/N=C(\Cn1ccnc1)c1ccc2ccccc2c1. The number of hydrogen-bond donors (Lipinski definition) is 0. The molecule has 0 aliphatic heterocycles. The molecule has 0 bridgehead atoms. The number of nitrogens with zero attached hydrogens (tertiary/aromatic N) is 3. The third-order valence-electron chi connectivity index (χ3n) is 3.28. The van der Waals surface area contributed by atoms with Crippen LogP contribution in [-0.4, -0.2) is 21.9 Å². The van der Waals surface area contributed by atoms with Crippen molar-refractivity contribution in [3.63, 3.8) is 0 Å². The van der Waals surface area contributed by atoms with Gasteiger partial charge in [0.05, 0.1) is 12.9 Å². The van der Waals surface area contributed by atoms with Gasteiger partial charge in [-0.25, -0.2) is 4.98 Å². The first-order valence-electron chi connectivity index (χ1n) is 7.00. The van der Waals surface area contributed by atoms with Crippen molar-refractivity contribution < 1.29 is 4.84 Å². The lowest BCUT2D eigenvalue weighted by atomic mass is 10.0. The molecule has 3 rings (SSSR count). The lowest BCUT2D eigenvalue weighted by Gasteiger charge is -2.08. The fraction of sp³-hybridized carbons (Fsp3) is 0.176. The molecule has 4 heteroatoms. The van der Waals surface area contributed by atoms with Crippen LogP contribution >= 0.6 is 0 Å². The van der Waals surface area contributed by atoms with E-state index in [1.807, 2.05) is 29.8 Å². The average molecular weight is 279 g/mol. The zero-order valence-electron chi connectivity index (χ0n) is 11.9. The van der Waals surface area contributed by atoms with Crippen LogP contribution in [0.25, 0.3) is 10.8 Å². The van der Waals surface area contributed by atoms with Gasteiger partial charge in [-0.05, 0) is 23.8 Å². The second kappa shape index (κ2) is 6.22. The lowest BCUT2D eigenvalue weighted by molar-refractivity contribution is 0.158. The molecule has 0 radical (unpaired) electrons. The highest BCUT2D eigenvalue weighted by atomic mass is 16.6. The van der Waals surface area contributed by atoms with Gasteiger partial charge in [0.15, 0.2) is 0 Å². The van der Waals surface area contributed by atoms with E-state index in [0.29, 0.717) is 13.2 Å². The summed E-state index contributed by atoms with van der Waals surface area (Å²) in [6.45, 7) is 3.12. The van der Waals surface area contributed by atoms with E-state index in [-0.39, 0.29) is 0 Å². The second-order valence-electron chi connectivity index (χ2n) is 4.75. The third kappa shape index (κ3) is 3.11. The van der Waals surface area contributed by atoms with E-state index >= 15 is 0 Å². The van der Waals surface area contributed by atoms with E-state index in [1.165, 1.54) is 10.8 Å². The largest absolute Gasteiger partial charge is 0.396 e. The van der Waals surface area contributed by atoms with Crippen molar-refractivity contribution in [3.8, 4) is 0 Å². The fourth-order valence-electron chi connectivity index (χ4n) is 2.24. The summed E-state index contributed by atoms with van der Waals surface area (Å²) in [5, 5.41) is 6.68. The van der Waals surface area contributed by atoms with Crippen LogP contribution in [0.5, 0.6) is 0 Å². The predicted molar refractivity (Wildman–Crippen MR) is 84.3 cm³/mol. The molecule has 0 saturated heterocycles. The van der Waals surface area contributed by atoms with E-state index in [0.717, 1.165) is 11.3 Å². The number of imidazole rings is 1. The van der Waals surface area contributed by atoms with Crippen molar-refractivity contribution in [1.82, 2.24) is 9.55 Å². The van der Waals surface area contributed by atoms with E-state index < -0.39 is 0 Å². The van der Waals surface area contributed by atoms with Gasteiger partial charge in [-0.2, -0.15) is 0 Å². The summed E-state index contributed by atoms with van der Waals surface area (Å²) in [5.41, 5.74) is 1.96. The highest BCUT2D eigenvalue weighted by Crippen LogP contribution is 2.17. The normalized spacial score (nSPS) is 11.8. The lowest BCUT2D eigenvalue weighted by Crippen LogP contribution is -2.11. The predicted octanol–water partition coefficient (Wildman–Crippen LogP) is 3.48. The van der Waals surface area contributed by atoms with E-state index in [1.54, 1.807) is 12.5 Å². The van der Waals surface area contributed by atoms with Gasteiger partial charge < -0.3 is 9.40 Å². The van der Waals surface area contributed by atoms with Crippen molar-refractivity contribution in [3.05, 3.63) is 66.7 Å². The molecule has 0 atom stereocenters. The summed E-state index contributed by atoms with van der Waals surface area (Å²) in [6, 6.07) is 14.6. The number of fused-ring (bicyclic) bond motifs is 1. The monoisotopic (exact) mass is 279 g/mol. The van der Waals surface area contributed by atoms with Crippen LogP contribution in [-0.2, 0) is 11.4 Å². The van der Waals surface area contributed by atoms with Crippen LogP contribution in [0.15, 0.2) is 66.3 Å². The highest BCUT2D eigenvalue weighted by molar-refractivity contribution is 6.03. The van der Waals surface area contributed by atoms with E-state index in [4.69, 9.17) is 4.84 Å². The van der Waals surface area contributed by atoms with Crippen molar-refractivity contribution >= 4 is 16.5 Å². The maximum absolute atomic E-state index is 5.27. The zero-order chi connectivity index (χ0) is 14.5. The molecule has 0 aliphatic carbocycles. The molecule has 0 unspecified atom stereocenters. The molecule has 0 spiro atoms. The average Bonchev–Trinajstić information content (AvgIpc) is 3.04. The van der Waals surface area contributed by atoms with Crippen molar-refractivity contribution in [1.29, 1.82) is 0 Å². The first-order valence-corrected chi connectivity index (χ1v) is 7.00. The third-order valence-corrected chi connectivity index (χ3v) is 3.28. The number of hydrogen-bond acceptors (Lipinski definition) is 3. The summed E-state index contributed by atoms with van der Waals surface area (Å²) < 4.78 is 1.98. The fourth-order valence-corrected chi connectivity index (χ4v) is 2.24. The molecular formula is C17H17N3O. The van der Waals surface area contributed by atoms with Gasteiger partial charge in [-0.1, -0.05) is 41.6 Å².